The van der Waals surface area contributed by atoms with Crippen LogP contribution in [0, 0.1) is 6.92 Å². The first-order valence-electron chi connectivity index (χ1n) is 5.18. The number of aryl methyl sites for hydroxylation is 1. The topological polar surface area (TPSA) is 72.5 Å². The van der Waals surface area contributed by atoms with E-state index in [4.69, 9.17) is 5.14 Å². The summed E-state index contributed by atoms with van der Waals surface area (Å²) in [7, 11) is -3.63. The van der Waals surface area contributed by atoms with Gasteiger partial charge in [-0.15, -0.1) is 11.3 Å². The summed E-state index contributed by atoms with van der Waals surface area (Å²) in [6.07, 6.45) is 1.77. The second kappa shape index (κ2) is 5.01. The molecule has 0 aliphatic heterocycles. The zero-order chi connectivity index (χ0) is 13.2. The van der Waals surface area contributed by atoms with E-state index in [1.165, 1.54) is 17.7 Å². The van der Waals surface area contributed by atoms with Crippen molar-refractivity contribution >= 4 is 33.3 Å². The summed E-state index contributed by atoms with van der Waals surface area (Å²) in [5.74, 6) is 0. The molecule has 6 heteroatoms. The van der Waals surface area contributed by atoms with Gasteiger partial charge in [0.2, 0.25) is 10.0 Å². The SMILES string of the molecule is Cc1ccsc1C=Nc1ccc(S(N)(=O)=O)cc1. The van der Waals surface area contributed by atoms with Gasteiger partial charge in [0.05, 0.1) is 10.6 Å². The molecule has 0 spiro atoms. The summed E-state index contributed by atoms with van der Waals surface area (Å²) in [4.78, 5) is 5.46. The lowest BCUT2D eigenvalue weighted by Gasteiger charge is -1.98. The fraction of sp³-hybridized carbons (Fsp3) is 0.0833. The molecule has 0 aliphatic rings. The number of primary sulfonamides is 1. The van der Waals surface area contributed by atoms with Crippen molar-refractivity contribution in [2.45, 2.75) is 11.8 Å². The van der Waals surface area contributed by atoms with Crippen LogP contribution in [-0.4, -0.2) is 14.6 Å². The van der Waals surface area contributed by atoms with Gasteiger partial charge >= 0.3 is 0 Å². The fourth-order valence-corrected chi connectivity index (χ4v) is 2.67. The number of hydrogen-bond donors (Lipinski definition) is 1. The van der Waals surface area contributed by atoms with Gasteiger partial charge in [-0.2, -0.15) is 0 Å². The Balaban J connectivity index is 2.22. The van der Waals surface area contributed by atoms with Crippen LogP contribution in [0.5, 0.6) is 0 Å². The third kappa shape index (κ3) is 3.04. The van der Waals surface area contributed by atoms with E-state index in [-0.39, 0.29) is 4.90 Å². The highest BCUT2D eigenvalue weighted by Crippen LogP contribution is 2.18. The lowest BCUT2D eigenvalue weighted by molar-refractivity contribution is 0.598. The predicted molar refractivity (Wildman–Crippen MR) is 74.1 cm³/mol. The summed E-state index contributed by atoms with van der Waals surface area (Å²) >= 11 is 1.61. The Morgan fingerprint density at radius 3 is 2.39 bits per heavy atom. The molecule has 0 saturated carbocycles. The average molecular weight is 280 g/mol. The van der Waals surface area contributed by atoms with E-state index in [0.717, 1.165) is 4.88 Å². The van der Waals surface area contributed by atoms with Gasteiger partial charge in [0, 0.05) is 11.1 Å². The first kappa shape index (κ1) is 12.9. The minimum atomic E-state index is -3.63. The Kier molecular flexibility index (Phi) is 3.60. The summed E-state index contributed by atoms with van der Waals surface area (Å²) in [6, 6.07) is 8.17. The molecular formula is C12H12N2O2S2. The van der Waals surface area contributed by atoms with Crippen LogP contribution in [-0.2, 0) is 10.0 Å². The normalized spacial score (nSPS) is 12.1. The van der Waals surface area contributed by atoms with E-state index in [1.807, 2.05) is 18.4 Å². The third-order valence-corrected chi connectivity index (χ3v) is 4.28. The van der Waals surface area contributed by atoms with E-state index in [9.17, 15) is 8.42 Å². The van der Waals surface area contributed by atoms with E-state index in [1.54, 1.807) is 29.7 Å². The van der Waals surface area contributed by atoms with Crippen molar-refractivity contribution in [3.05, 3.63) is 46.2 Å². The molecule has 18 heavy (non-hydrogen) atoms. The standard InChI is InChI=1S/C12H12N2O2S2/c1-9-6-7-17-12(9)8-14-10-2-4-11(5-3-10)18(13,15)16/h2-8H,1H3,(H2,13,15,16). The molecule has 0 bridgehead atoms. The monoisotopic (exact) mass is 280 g/mol. The number of hydrogen-bond acceptors (Lipinski definition) is 4. The zero-order valence-electron chi connectivity index (χ0n) is 9.70. The largest absolute Gasteiger partial charge is 0.255 e. The molecule has 4 nitrogen and oxygen atoms in total. The van der Waals surface area contributed by atoms with Crippen LogP contribution in [0.25, 0.3) is 0 Å². The van der Waals surface area contributed by atoms with Gasteiger partial charge in [-0.05, 0) is 48.2 Å². The molecule has 2 aromatic rings. The molecule has 0 unspecified atom stereocenters. The molecule has 1 aromatic heterocycles. The quantitative estimate of drug-likeness (QED) is 0.877. The molecule has 2 rings (SSSR count). The molecule has 1 aromatic carbocycles. The van der Waals surface area contributed by atoms with Gasteiger partial charge in [0.25, 0.3) is 0 Å². The molecule has 0 aliphatic carbocycles. The van der Waals surface area contributed by atoms with Crippen LogP contribution in [0.1, 0.15) is 10.4 Å². The Hall–Kier alpha value is -1.50. The summed E-state index contributed by atoms with van der Waals surface area (Å²) in [5.41, 5.74) is 1.86. The number of nitrogens with zero attached hydrogens (tertiary/aromatic N) is 1. The maximum Gasteiger partial charge on any atom is 0.238 e. The van der Waals surface area contributed by atoms with E-state index in [0.29, 0.717) is 5.69 Å². The van der Waals surface area contributed by atoms with Crippen molar-refractivity contribution in [2.24, 2.45) is 10.1 Å². The van der Waals surface area contributed by atoms with Gasteiger partial charge in [-0.1, -0.05) is 0 Å². The molecule has 2 N–H and O–H groups in total. The van der Waals surface area contributed by atoms with Crippen molar-refractivity contribution < 1.29 is 8.42 Å². The number of thiophene rings is 1. The van der Waals surface area contributed by atoms with Crippen LogP contribution in [0.3, 0.4) is 0 Å². The van der Waals surface area contributed by atoms with Crippen LogP contribution in [0.2, 0.25) is 0 Å². The van der Waals surface area contributed by atoms with Crippen LogP contribution in [0.15, 0.2) is 45.6 Å². The molecule has 0 fully saturated rings. The second-order valence-electron chi connectivity index (χ2n) is 3.76. The fourth-order valence-electron chi connectivity index (χ4n) is 1.37. The first-order chi connectivity index (χ1) is 8.47. The predicted octanol–water partition coefficient (Wildman–Crippen LogP) is 2.45. The van der Waals surface area contributed by atoms with Crippen molar-refractivity contribution in [1.29, 1.82) is 0 Å². The Labute approximate surface area is 110 Å². The molecule has 94 valence electrons. The number of rotatable bonds is 3. The van der Waals surface area contributed by atoms with E-state index in [2.05, 4.69) is 4.99 Å². The maximum atomic E-state index is 11.1. The maximum absolute atomic E-state index is 11.1. The average Bonchev–Trinajstić information content (AvgIpc) is 2.72. The highest BCUT2D eigenvalue weighted by atomic mass is 32.2. The molecule has 1 heterocycles. The summed E-state index contributed by atoms with van der Waals surface area (Å²) in [5, 5.41) is 7.01. The zero-order valence-corrected chi connectivity index (χ0v) is 11.3. The second-order valence-corrected chi connectivity index (χ2v) is 6.27. The van der Waals surface area contributed by atoms with Gasteiger partial charge in [-0.3, -0.25) is 4.99 Å². The number of nitrogens with two attached hydrogens (primary N) is 1. The Morgan fingerprint density at radius 2 is 1.89 bits per heavy atom. The lowest BCUT2D eigenvalue weighted by Crippen LogP contribution is -2.11. The first-order valence-corrected chi connectivity index (χ1v) is 7.60. The highest BCUT2D eigenvalue weighted by molar-refractivity contribution is 7.89. The molecular weight excluding hydrogens is 268 g/mol. The number of benzene rings is 1. The van der Waals surface area contributed by atoms with Gasteiger partial charge in [0.1, 0.15) is 0 Å². The van der Waals surface area contributed by atoms with Crippen molar-refractivity contribution in [2.75, 3.05) is 0 Å². The highest BCUT2D eigenvalue weighted by Gasteiger charge is 2.06. The van der Waals surface area contributed by atoms with Gasteiger partial charge in [0.15, 0.2) is 0 Å². The number of aliphatic imine (C=N–C) groups is 1. The summed E-state index contributed by atoms with van der Waals surface area (Å²) in [6.45, 7) is 2.02. The molecule has 0 saturated heterocycles. The third-order valence-electron chi connectivity index (χ3n) is 2.40. The number of sulfonamides is 1. The van der Waals surface area contributed by atoms with Crippen molar-refractivity contribution in [3.63, 3.8) is 0 Å². The smallest absolute Gasteiger partial charge is 0.238 e. The van der Waals surface area contributed by atoms with Gasteiger partial charge in [-0.25, -0.2) is 13.6 Å². The Morgan fingerprint density at radius 1 is 1.22 bits per heavy atom. The lowest BCUT2D eigenvalue weighted by atomic mass is 10.3. The Bertz CT molecular complexity index is 670. The van der Waals surface area contributed by atoms with E-state index >= 15 is 0 Å². The summed E-state index contributed by atoms with van der Waals surface area (Å²) < 4.78 is 22.1. The van der Waals surface area contributed by atoms with Crippen molar-refractivity contribution in [3.8, 4) is 0 Å². The van der Waals surface area contributed by atoms with Gasteiger partial charge < -0.3 is 0 Å². The minimum Gasteiger partial charge on any atom is -0.255 e. The van der Waals surface area contributed by atoms with Crippen LogP contribution < -0.4 is 5.14 Å². The van der Waals surface area contributed by atoms with E-state index < -0.39 is 10.0 Å². The molecule has 0 radical (unpaired) electrons. The minimum absolute atomic E-state index is 0.0914. The van der Waals surface area contributed by atoms with Crippen LogP contribution >= 0.6 is 11.3 Å². The van der Waals surface area contributed by atoms with Crippen molar-refractivity contribution in [1.82, 2.24) is 0 Å². The molecule has 0 amide bonds. The molecule has 0 atom stereocenters. The van der Waals surface area contributed by atoms with Crippen LogP contribution in [0.4, 0.5) is 5.69 Å².